The molecule has 0 amide bonds. The predicted octanol–water partition coefficient (Wildman–Crippen LogP) is 1.12. The Bertz CT molecular complexity index is 513. The maximum Gasteiger partial charge on any atom is 0.252 e. The van der Waals surface area contributed by atoms with Gasteiger partial charge in [-0.2, -0.15) is 4.31 Å². The Morgan fingerprint density at radius 1 is 1.53 bits per heavy atom. The van der Waals surface area contributed by atoms with Crippen LogP contribution in [0.3, 0.4) is 0 Å². The minimum Gasteiger partial charge on any atom is -0.384 e. The monoisotopic (exact) mass is 304 g/mol. The van der Waals surface area contributed by atoms with Crippen LogP contribution in [0.15, 0.2) is 16.3 Å². The van der Waals surface area contributed by atoms with Gasteiger partial charge in [0.1, 0.15) is 4.21 Å². The topological polar surface area (TPSA) is 58.6 Å². The quantitative estimate of drug-likeness (QED) is 0.856. The fourth-order valence-electron chi connectivity index (χ4n) is 2.28. The van der Waals surface area contributed by atoms with Gasteiger partial charge in [-0.15, -0.1) is 11.3 Å². The summed E-state index contributed by atoms with van der Waals surface area (Å²) in [5, 5.41) is 3.03. The van der Waals surface area contributed by atoms with Gasteiger partial charge in [-0.1, -0.05) is 0 Å². The molecule has 0 saturated carbocycles. The summed E-state index contributed by atoms with van der Waals surface area (Å²) in [4.78, 5) is 1.04. The summed E-state index contributed by atoms with van der Waals surface area (Å²) in [5.74, 6) is 0.316. The molecular formula is C12H20N2O3S2. The van der Waals surface area contributed by atoms with Crippen LogP contribution >= 0.6 is 11.3 Å². The Labute approximate surface area is 118 Å². The van der Waals surface area contributed by atoms with E-state index in [1.165, 1.54) is 11.3 Å². The van der Waals surface area contributed by atoms with Crippen molar-refractivity contribution in [3.8, 4) is 0 Å². The van der Waals surface area contributed by atoms with E-state index in [9.17, 15) is 8.42 Å². The molecule has 0 bridgehead atoms. The number of hydrogen-bond acceptors (Lipinski definition) is 5. The van der Waals surface area contributed by atoms with Gasteiger partial charge in [-0.3, -0.25) is 0 Å². The molecular weight excluding hydrogens is 284 g/mol. The minimum atomic E-state index is -3.32. The van der Waals surface area contributed by atoms with Crippen molar-refractivity contribution in [3.63, 3.8) is 0 Å². The molecule has 7 heteroatoms. The summed E-state index contributed by atoms with van der Waals surface area (Å²) in [6.07, 6.45) is 0.877. The SMILES string of the molecule is CNCc1ccc(S(=O)(=O)N2CCC(COC)C2)s1. The van der Waals surface area contributed by atoms with E-state index in [4.69, 9.17) is 4.74 Å². The Hall–Kier alpha value is -0.470. The van der Waals surface area contributed by atoms with Crippen molar-refractivity contribution >= 4 is 21.4 Å². The first-order valence-electron chi connectivity index (χ1n) is 6.30. The third-order valence-corrected chi connectivity index (χ3v) is 6.65. The lowest BCUT2D eigenvalue weighted by atomic mass is 10.1. The fourth-order valence-corrected chi connectivity index (χ4v) is 5.33. The van der Waals surface area contributed by atoms with Crippen LogP contribution in [0.25, 0.3) is 0 Å². The molecule has 0 radical (unpaired) electrons. The van der Waals surface area contributed by atoms with Crippen molar-refractivity contribution in [2.45, 2.75) is 17.2 Å². The molecule has 0 aliphatic carbocycles. The highest BCUT2D eigenvalue weighted by molar-refractivity contribution is 7.91. The van der Waals surface area contributed by atoms with Crippen LogP contribution in [0.4, 0.5) is 0 Å². The number of hydrogen-bond donors (Lipinski definition) is 1. The lowest BCUT2D eigenvalue weighted by Crippen LogP contribution is -2.28. The third-order valence-electron chi connectivity index (χ3n) is 3.23. The number of nitrogens with zero attached hydrogens (tertiary/aromatic N) is 1. The highest BCUT2D eigenvalue weighted by Gasteiger charge is 2.33. The third kappa shape index (κ3) is 3.35. The summed E-state index contributed by atoms with van der Waals surface area (Å²) in [7, 11) is 0.185. The number of sulfonamides is 1. The Kier molecular flexibility index (Phi) is 4.97. The fraction of sp³-hybridized carbons (Fsp3) is 0.667. The van der Waals surface area contributed by atoms with Crippen LogP contribution < -0.4 is 5.32 Å². The van der Waals surface area contributed by atoms with Gasteiger partial charge in [0.05, 0.1) is 6.61 Å². The number of nitrogens with one attached hydrogen (secondary N) is 1. The summed E-state index contributed by atoms with van der Waals surface area (Å²) in [5.41, 5.74) is 0. The average molecular weight is 304 g/mol. The second kappa shape index (κ2) is 6.32. The van der Waals surface area contributed by atoms with Crippen LogP contribution in [0, 0.1) is 5.92 Å². The van der Waals surface area contributed by atoms with E-state index in [-0.39, 0.29) is 0 Å². The first kappa shape index (κ1) is 14.9. The molecule has 1 atom stereocenters. The van der Waals surface area contributed by atoms with E-state index in [1.807, 2.05) is 13.1 Å². The van der Waals surface area contributed by atoms with Gasteiger partial charge in [-0.25, -0.2) is 8.42 Å². The normalized spacial score (nSPS) is 21.1. The lowest BCUT2D eigenvalue weighted by Gasteiger charge is -2.15. The van der Waals surface area contributed by atoms with Crippen molar-refractivity contribution in [3.05, 3.63) is 17.0 Å². The van der Waals surface area contributed by atoms with E-state index in [0.29, 0.717) is 36.4 Å². The van der Waals surface area contributed by atoms with Crippen LogP contribution in [-0.2, 0) is 21.3 Å². The maximum absolute atomic E-state index is 12.5. The standard InChI is InChI=1S/C12H20N2O3S2/c1-13-7-11-3-4-12(18-11)19(15,16)14-6-5-10(8-14)9-17-2/h3-4,10,13H,5-9H2,1-2H3. The van der Waals surface area contributed by atoms with Crippen LogP contribution in [0.1, 0.15) is 11.3 Å². The van der Waals surface area contributed by atoms with Gasteiger partial charge in [0.25, 0.3) is 10.0 Å². The van der Waals surface area contributed by atoms with Crippen LogP contribution in [0.5, 0.6) is 0 Å². The Balaban J connectivity index is 2.09. The van der Waals surface area contributed by atoms with Crippen molar-refractivity contribution in [2.24, 2.45) is 5.92 Å². The summed E-state index contributed by atoms with van der Waals surface area (Å²) in [6, 6.07) is 3.58. The molecule has 1 N–H and O–H groups in total. The minimum absolute atomic E-state index is 0.316. The molecule has 1 unspecified atom stereocenters. The molecule has 1 aliphatic heterocycles. The molecule has 1 aromatic heterocycles. The number of ether oxygens (including phenoxy) is 1. The molecule has 0 aromatic carbocycles. The zero-order valence-corrected chi connectivity index (χ0v) is 12.9. The number of methoxy groups -OCH3 is 1. The Morgan fingerprint density at radius 2 is 2.32 bits per heavy atom. The van der Waals surface area contributed by atoms with E-state index in [0.717, 1.165) is 11.3 Å². The molecule has 19 heavy (non-hydrogen) atoms. The van der Waals surface area contributed by atoms with Crippen LogP contribution in [-0.4, -0.2) is 46.6 Å². The molecule has 1 saturated heterocycles. The van der Waals surface area contributed by atoms with Crippen molar-refractivity contribution in [2.75, 3.05) is 33.9 Å². The van der Waals surface area contributed by atoms with E-state index in [1.54, 1.807) is 17.5 Å². The van der Waals surface area contributed by atoms with Crippen molar-refractivity contribution in [1.82, 2.24) is 9.62 Å². The number of rotatable bonds is 6. The first-order valence-corrected chi connectivity index (χ1v) is 8.56. The molecule has 108 valence electrons. The second-order valence-corrected chi connectivity index (χ2v) is 8.06. The van der Waals surface area contributed by atoms with Gasteiger partial charge >= 0.3 is 0 Å². The first-order chi connectivity index (χ1) is 9.07. The smallest absolute Gasteiger partial charge is 0.252 e. The largest absolute Gasteiger partial charge is 0.384 e. The van der Waals surface area contributed by atoms with Gasteiger partial charge in [0.2, 0.25) is 0 Å². The zero-order valence-electron chi connectivity index (χ0n) is 11.3. The molecule has 1 aliphatic rings. The zero-order chi connectivity index (χ0) is 13.9. The summed E-state index contributed by atoms with van der Waals surface area (Å²) in [6.45, 7) is 2.49. The van der Waals surface area contributed by atoms with E-state index < -0.39 is 10.0 Å². The number of thiophene rings is 1. The van der Waals surface area contributed by atoms with Gasteiger partial charge in [0, 0.05) is 31.6 Å². The maximum atomic E-state index is 12.5. The predicted molar refractivity (Wildman–Crippen MR) is 75.8 cm³/mol. The molecule has 2 rings (SSSR count). The van der Waals surface area contributed by atoms with E-state index >= 15 is 0 Å². The summed E-state index contributed by atoms with van der Waals surface area (Å²) >= 11 is 1.34. The van der Waals surface area contributed by atoms with Crippen molar-refractivity contribution in [1.29, 1.82) is 0 Å². The molecule has 1 fully saturated rings. The molecule has 1 aromatic rings. The van der Waals surface area contributed by atoms with E-state index in [2.05, 4.69) is 5.32 Å². The molecule has 0 spiro atoms. The molecule has 5 nitrogen and oxygen atoms in total. The average Bonchev–Trinajstić information content (AvgIpc) is 2.99. The van der Waals surface area contributed by atoms with Crippen molar-refractivity contribution < 1.29 is 13.2 Å². The lowest BCUT2D eigenvalue weighted by molar-refractivity contribution is 0.157. The van der Waals surface area contributed by atoms with Crippen LogP contribution in [0.2, 0.25) is 0 Å². The molecule has 2 heterocycles. The highest BCUT2D eigenvalue weighted by Crippen LogP contribution is 2.29. The van der Waals surface area contributed by atoms with Gasteiger partial charge in [-0.05, 0) is 31.5 Å². The highest BCUT2D eigenvalue weighted by atomic mass is 32.2. The van der Waals surface area contributed by atoms with Gasteiger partial charge in [0.15, 0.2) is 0 Å². The van der Waals surface area contributed by atoms with Gasteiger partial charge < -0.3 is 10.1 Å². The Morgan fingerprint density at radius 3 is 3.00 bits per heavy atom. The second-order valence-electron chi connectivity index (χ2n) is 4.72. The summed E-state index contributed by atoms with van der Waals surface area (Å²) < 4.78 is 32.1.